The molecule has 3 aromatic rings. The van der Waals surface area contributed by atoms with E-state index < -0.39 is 7.25 Å². The standard InChI is InChI=1S/C13H10ClN4.BF4/c14-13-15-18(12-9-5-2-6-10-12)16-17(13)11-7-3-1-4-8-11;2-1(3,4)5/h1-10H;/q+1;-1. The molecule has 3 rings (SSSR count). The third-order valence-electron chi connectivity index (χ3n) is 2.51. The van der Waals surface area contributed by atoms with E-state index in [9.17, 15) is 17.3 Å². The fourth-order valence-electron chi connectivity index (χ4n) is 1.66. The molecule has 0 bridgehead atoms. The minimum absolute atomic E-state index is 0.324. The lowest BCUT2D eigenvalue weighted by molar-refractivity contribution is -0.659. The van der Waals surface area contributed by atoms with Gasteiger partial charge in [-0.25, -0.2) is 0 Å². The van der Waals surface area contributed by atoms with Gasteiger partial charge in [-0.3, -0.25) is 0 Å². The molecule has 0 saturated carbocycles. The molecule has 0 aliphatic heterocycles. The molecule has 10 heteroatoms. The molecule has 4 nitrogen and oxygen atoms in total. The predicted molar refractivity (Wildman–Crippen MR) is 78.1 cm³/mol. The van der Waals surface area contributed by atoms with E-state index in [2.05, 4.69) is 10.3 Å². The minimum atomic E-state index is -6.00. The molecule has 2 aromatic carbocycles. The maximum absolute atomic E-state index is 9.75. The van der Waals surface area contributed by atoms with Gasteiger partial charge in [0.1, 0.15) is 5.69 Å². The predicted octanol–water partition coefficient (Wildman–Crippen LogP) is 3.50. The van der Waals surface area contributed by atoms with Crippen molar-refractivity contribution in [3.05, 3.63) is 65.9 Å². The van der Waals surface area contributed by atoms with Gasteiger partial charge in [0.25, 0.3) is 0 Å². The topological polar surface area (TPSA) is 34.6 Å². The summed E-state index contributed by atoms with van der Waals surface area (Å²) in [5.41, 5.74) is 1.75. The van der Waals surface area contributed by atoms with Gasteiger partial charge in [0.2, 0.25) is 0 Å². The Bertz CT molecular complexity index is 744. The quantitative estimate of drug-likeness (QED) is 0.405. The number of nitrogens with zero attached hydrogens (tertiary/aromatic N) is 4. The fraction of sp³-hybridized carbons (Fsp3) is 0. The van der Waals surface area contributed by atoms with Crippen LogP contribution < -0.4 is 4.68 Å². The highest BCUT2D eigenvalue weighted by Gasteiger charge is 2.21. The molecule has 0 unspecified atom stereocenters. The number of halogens is 5. The average molecular weight is 345 g/mol. The van der Waals surface area contributed by atoms with Crippen molar-refractivity contribution in [3.63, 3.8) is 0 Å². The van der Waals surface area contributed by atoms with Gasteiger partial charge < -0.3 is 17.3 Å². The molecule has 0 atom stereocenters. The van der Waals surface area contributed by atoms with Crippen molar-refractivity contribution in [1.29, 1.82) is 0 Å². The largest absolute Gasteiger partial charge is 0.673 e. The lowest BCUT2D eigenvalue weighted by Crippen LogP contribution is -2.34. The summed E-state index contributed by atoms with van der Waals surface area (Å²) in [5, 5.41) is 8.86. The van der Waals surface area contributed by atoms with Crippen LogP contribution in [-0.4, -0.2) is 22.4 Å². The summed E-state index contributed by atoms with van der Waals surface area (Å²) in [5.74, 6) is 0. The molecular weight excluding hydrogens is 334 g/mol. The molecule has 0 fully saturated rings. The van der Waals surface area contributed by atoms with E-state index in [0.717, 1.165) is 11.4 Å². The molecule has 120 valence electrons. The van der Waals surface area contributed by atoms with Crippen molar-refractivity contribution in [2.24, 2.45) is 0 Å². The van der Waals surface area contributed by atoms with E-state index >= 15 is 0 Å². The van der Waals surface area contributed by atoms with Crippen LogP contribution in [0.2, 0.25) is 5.28 Å². The molecule has 0 amide bonds. The van der Waals surface area contributed by atoms with Crippen LogP contribution in [0.1, 0.15) is 0 Å². The van der Waals surface area contributed by atoms with Crippen molar-refractivity contribution in [2.75, 3.05) is 0 Å². The van der Waals surface area contributed by atoms with E-state index in [1.165, 1.54) is 4.80 Å². The smallest absolute Gasteiger partial charge is 0.418 e. The first-order valence-corrected chi connectivity index (χ1v) is 6.76. The summed E-state index contributed by atoms with van der Waals surface area (Å²) in [6.45, 7) is 0. The Morgan fingerprint density at radius 1 is 0.870 bits per heavy atom. The van der Waals surface area contributed by atoms with Gasteiger partial charge in [0.15, 0.2) is 5.69 Å². The number of hydrogen-bond acceptors (Lipinski definition) is 2. The van der Waals surface area contributed by atoms with Gasteiger partial charge in [-0.1, -0.05) is 41.1 Å². The van der Waals surface area contributed by atoms with Crippen molar-refractivity contribution in [2.45, 2.75) is 0 Å². The second-order valence-electron chi connectivity index (χ2n) is 4.23. The SMILES string of the molecule is Clc1nn(-c2ccccc2)n[n+]1-c1ccccc1.F[B-](F)(F)F. The Morgan fingerprint density at radius 2 is 1.35 bits per heavy atom. The second kappa shape index (κ2) is 7.23. The Morgan fingerprint density at radius 3 is 1.87 bits per heavy atom. The monoisotopic (exact) mass is 344 g/mol. The van der Waals surface area contributed by atoms with Crippen LogP contribution >= 0.6 is 11.6 Å². The molecule has 23 heavy (non-hydrogen) atoms. The Hall–Kier alpha value is -2.42. The van der Waals surface area contributed by atoms with Gasteiger partial charge in [0.05, 0.1) is 10.3 Å². The van der Waals surface area contributed by atoms with Crippen molar-refractivity contribution in [3.8, 4) is 11.4 Å². The summed E-state index contributed by atoms with van der Waals surface area (Å²) in [6, 6.07) is 19.3. The van der Waals surface area contributed by atoms with E-state index in [1.54, 1.807) is 4.68 Å². The maximum Gasteiger partial charge on any atom is 0.673 e. The number of benzene rings is 2. The molecule has 0 N–H and O–H groups in total. The summed E-state index contributed by atoms with van der Waals surface area (Å²) >= 11 is 6.10. The lowest BCUT2D eigenvalue weighted by Gasteiger charge is -1.94. The van der Waals surface area contributed by atoms with Crippen molar-refractivity contribution < 1.29 is 21.9 Å². The van der Waals surface area contributed by atoms with E-state index in [-0.39, 0.29) is 0 Å². The number of aromatic nitrogens is 4. The van der Waals surface area contributed by atoms with Crippen molar-refractivity contribution in [1.82, 2.24) is 15.1 Å². The first-order valence-electron chi connectivity index (χ1n) is 6.38. The van der Waals surface area contributed by atoms with Gasteiger partial charge >= 0.3 is 12.5 Å². The first kappa shape index (κ1) is 16.9. The average Bonchev–Trinajstić information content (AvgIpc) is 2.89. The Balaban J connectivity index is 0.000000338. The van der Waals surface area contributed by atoms with Gasteiger partial charge in [-0.05, 0) is 35.9 Å². The zero-order valence-corrected chi connectivity index (χ0v) is 12.3. The van der Waals surface area contributed by atoms with Crippen LogP contribution in [0.25, 0.3) is 11.4 Å². The zero-order chi connectivity index (χ0) is 16.9. The molecule has 1 aromatic heterocycles. The molecule has 0 aliphatic rings. The maximum atomic E-state index is 9.75. The van der Waals surface area contributed by atoms with E-state index in [1.807, 2.05) is 60.7 Å². The first-order chi connectivity index (χ1) is 10.8. The zero-order valence-electron chi connectivity index (χ0n) is 11.5. The summed E-state index contributed by atoms with van der Waals surface area (Å²) < 4.78 is 40.6. The highest BCUT2D eigenvalue weighted by molar-refractivity contribution is 6.50. The van der Waals surface area contributed by atoms with Crippen LogP contribution in [0.4, 0.5) is 17.3 Å². The third-order valence-corrected chi connectivity index (χ3v) is 2.75. The normalized spacial score (nSPS) is 10.8. The number of tetrazole rings is 1. The van der Waals surface area contributed by atoms with Crippen LogP contribution in [-0.2, 0) is 0 Å². The molecule has 0 radical (unpaired) electrons. The molecule has 0 spiro atoms. The van der Waals surface area contributed by atoms with Crippen LogP contribution in [0, 0.1) is 0 Å². The number of rotatable bonds is 2. The molecule has 1 heterocycles. The van der Waals surface area contributed by atoms with Crippen LogP contribution in [0.5, 0.6) is 0 Å². The Labute approximate surface area is 134 Å². The summed E-state index contributed by atoms with van der Waals surface area (Å²) in [4.78, 5) is 1.51. The minimum Gasteiger partial charge on any atom is -0.418 e. The molecular formula is C13H10BClF4N4. The molecule has 0 saturated heterocycles. The lowest BCUT2D eigenvalue weighted by atomic mass is 10.3. The second-order valence-corrected chi connectivity index (χ2v) is 4.56. The highest BCUT2D eigenvalue weighted by atomic mass is 35.5. The summed E-state index contributed by atoms with van der Waals surface area (Å²) in [6.07, 6.45) is 0. The van der Waals surface area contributed by atoms with Crippen molar-refractivity contribution >= 4 is 18.9 Å². The Kier molecular flexibility index (Phi) is 5.33. The van der Waals surface area contributed by atoms with Gasteiger partial charge in [-0.15, -0.1) is 0 Å². The highest BCUT2D eigenvalue weighted by Crippen LogP contribution is 2.07. The van der Waals surface area contributed by atoms with E-state index in [0.29, 0.717) is 5.28 Å². The van der Waals surface area contributed by atoms with Crippen LogP contribution in [0.15, 0.2) is 60.7 Å². The van der Waals surface area contributed by atoms with Gasteiger partial charge in [0, 0.05) is 4.80 Å². The number of para-hydroxylation sites is 2. The third kappa shape index (κ3) is 5.37. The fourth-order valence-corrected chi connectivity index (χ4v) is 1.86. The van der Waals surface area contributed by atoms with Crippen LogP contribution in [0.3, 0.4) is 0 Å². The van der Waals surface area contributed by atoms with E-state index in [4.69, 9.17) is 11.6 Å². The summed E-state index contributed by atoms with van der Waals surface area (Å²) in [7, 11) is -6.00. The number of hydrogen-bond donors (Lipinski definition) is 0. The molecule has 0 aliphatic carbocycles. The van der Waals surface area contributed by atoms with Gasteiger partial charge in [-0.2, -0.15) is 0 Å².